The summed E-state index contributed by atoms with van der Waals surface area (Å²) in [4.78, 5) is 23.6. The molecule has 31 heavy (non-hydrogen) atoms. The van der Waals surface area contributed by atoms with Crippen molar-refractivity contribution in [2.75, 3.05) is 0 Å². The summed E-state index contributed by atoms with van der Waals surface area (Å²) in [6.45, 7) is 0. The molecule has 0 bridgehead atoms. The second-order valence-corrected chi connectivity index (χ2v) is 8.21. The van der Waals surface area contributed by atoms with E-state index in [2.05, 4.69) is 10.9 Å². The number of hydrogen-bond acceptors (Lipinski definition) is 2. The second-order valence-electron chi connectivity index (χ2n) is 7.02. The summed E-state index contributed by atoms with van der Waals surface area (Å²) in [6, 6.07) is 8.11. The zero-order valence-corrected chi connectivity index (χ0v) is 18.0. The molecule has 0 radical (unpaired) electrons. The SMILES string of the molecule is O=C(NNC(=O)C1CC1)c1ccc(C=CC(c2cc(Cl)c(Cl)c(Cl)c2)C(F)(F)F)cc1. The number of carbonyl (C=O) groups is 2. The van der Waals surface area contributed by atoms with E-state index in [0.717, 1.165) is 31.1 Å². The van der Waals surface area contributed by atoms with E-state index in [-0.39, 0.29) is 38.0 Å². The average Bonchev–Trinajstić information content (AvgIpc) is 3.55. The average molecular weight is 492 g/mol. The van der Waals surface area contributed by atoms with E-state index in [0.29, 0.717) is 5.56 Å². The van der Waals surface area contributed by atoms with Gasteiger partial charge < -0.3 is 0 Å². The number of hydrogen-bond donors (Lipinski definition) is 2. The molecule has 4 nitrogen and oxygen atoms in total. The van der Waals surface area contributed by atoms with Gasteiger partial charge in [-0.2, -0.15) is 13.2 Å². The van der Waals surface area contributed by atoms with Crippen LogP contribution in [0, 0.1) is 5.92 Å². The van der Waals surface area contributed by atoms with Gasteiger partial charge >= 0.3 is 6.18 Å². The molecular weight excluding hydrogens is 476 g/mol. The van der Waals surface area contributed by atoms with Crippen LogP contribution < -0.4 is 10.9 Å². The van der Waals surface area contributed by atoms with Gasteiger partial charge in [-0.25, -0.2) is 0 Å². The van der Waals surface area contributed by atoms with E-state index in [4.69, 9.17) is 34.8 Å². The Morgan fingerprint density at radius 1 is 1.00 bits per heavy atom. The molecule has 2 aromatic rings. The first-order valence-electron chi connectivity index (χ1n) is 9.16. The zero-order chi connectivity index (χ0) is 22.8. The van der Waals surface area contributed by atoms with Crippen LogP contribution in [0.5, 0.6) is 0 Å². The summed E-state index contributed by atoms with van der Waals surface area (Å²) in [5.74, 6) is -2.78. The molecule has 1 unspecified atom stereocenters. The Hall–Kier alpha value is -2.22. The molecule has 1 fully saturated rings. The van der Waals surface area contributed by atoms with Crippen LogP contribution in [0.1, 0.15) is 40.2 Å². The minimum Gasteiger partial charge on any atom is -0.273 e. The van der Waals surface area contributed by atoms with E-state index < -0.39 is 18.0 Å². The Bertz CT molecular complexity index is 997. The maximum absolute atomic E-state index is 13.6. The molecule has 0 aliphatic heterocycles. The Morgan fingerprint density at radius 2 is 1.58 bits per heavy atom. The van der Waals surface area contributed by atoms with Crippen molar-refractivity contribution in [1.29, 1.82) is 0 Å². The second kappa shape index (κ2) is 9.51. The van der Waals surface area contributed by atoms with Gasteiger partial charge in [0.05, 0.1) is 21.0 Å². The van der Waals surface area contributed by atoms with Gasteiger partial charge in [0.15, 0.2) is 0 Å². The van der Waals surface area contributed by atoms with Gasteiger partial charge in [0.1, 0.15) is 0 Å². The van der Waals surface area contributed by atoms with Gasteiger partial charge in [0.25, 0.3) is 5.91 Å². The minimum absolute atomic E-state index is 0.0147. The van der Waals surface area contributed by atoms with Crippen molar-refractivity contribution in [2.24, 2.45) is 5.92 Å². The van der Waals surface area contributed by atoms with Gasteiger partial charge in [-0.15, -0.1) is 0 Å². The summed E-state index contributed by atoms with van der Waals surface area (Å²) in [6.07, 6.45) is -0.727. The predicted octanol–water partition coefficient (Wildman–Crippen LogP) is 6.18. The fourth-order valence-electron chi connectivity index (χ4n) is 2.75. The number of carbonyl (C=O) groups excluding carboxylic acids is 2. The molecule has 1 saturated carbocycles. The third-order valence-corrected chi connectivity index (χ3v) is 5.82. The molecule has 1 atom stereocenters. The summed E-state index contributed by atoms with van der Waals surface area (Å²) < 4.78 is 40.8. The molecular formula is C21H16Cl3F3N2O2. The van der Waals surface area contributed by atoms with Gasteiger partial charge in [-0.05, 0) is 48.2 Å². The number of allylic oxidation sites excluding steroid dienone is 1. The number of rotatable bonds is 5. The third kappa shape index (κ3) is 6.15. The molecule has 0 saturated heterocycles. The van der Waals surface area contributed by atoms with E-state index in [1.165, 1.54) is 30.3 Å². The van der Waals surface area contributed by atoms with Crippen LogP contribution in [0.15, 0.2) is 42.5 Å². The summed E-state index contributed by atoms with van der Waals surface area (Å²) in [5.41, 5.74) is 5.19. The molecule has 2 N–H and O–H groups in total. The molecule has 0 heterocycles. The van der Waals surface area contributed by atoms with E-state index in [1.807, 2.05) is 0 Å². The number of alkyl halides is 3. The normalized spacial score (nSPS) is 15.0. The van der Waals surface area contributed by atoms with Crippen LogP contribution in [0.2, 0.25) is 15.1 Å². The van der Waals surface area contributed by atoms with Gasteiger partial charge in [0.2, 0.25) is 5.91 Å². The van der Waals surface area contributed by atoms with Crippen molar-refractivity contribution in [2.45, 2.75) is 24.9 Å². The molecule has 0 aromatic heterocycles. The highest BCUT2D eigenvalue weighted by molar-refractivity contribution is 6.48. The summed E-state index contributed by atoms with van der Waals surface area (Å²) >= 11 is 17.6. The van der Waals surface area contributed by atoms with Crippen molar-refractivity contribution in [1.82, 2.24) is 10.9 Å². The van der Waals surface area contributed by atoms with E-state index in [1.54, 1.807) is 0 Å². The molecule has 1 aliphatic carbocycles. The molecule has 164 valence electrons. The zero-order valence-electron chi connectivity index (χ0n) is 15.8. The Kier molecular flexibility index (Phi) is 7.19. The number of nitrogens with one attached hydrogen (secondary N) is 2. The molecule has 1 aliphatic rings. The highest BCUT2D eigenvalue weighted by Gasteiger charge is 2.39. The van der Waals surface area contributed by atoms with Crippen LogP contribution in [-0.2, 0) is 4.79 Å². The lowest BCUT2D eigenvalue weighted by Gasteiger charge is -2.18. The fraction of sp³-hybridized carbons (Fsp3) is 0.238. The number of hydrazine groups is 1. The molecule has 10 heteroatoms. The maximum atomic E-state index is 13.6. The third-order valence-electron chi connectivity index (χ3n) is 4.62. The van der Waals surface area contributed by atoms with Gasteiger partial charge in [-0.3, -0.25) is 20.4 Å². The topological polar surface area (TPSA) is 58.2 Å². The Labute approximate surface area is 191 Å². The van der Waals surface area contributed by atoms with Crippen LogP contribution in [0.25, 0.3) is 6.08 Å². The van der Waals surface area contributed by atoms with Crippen molar-refractivity contribution in [3.05, 3.63) is 74.2 Å². The van der Waals surface area contributed by atoms with Crippen LogP contribution in [0.3, 0.4) is 0 Å². The van der Waals surface area contributed by atoms with Gasteiger partial charge in [0, 0.05) is 11.5 Å². The first-order chi connectivity index (χ1) is 14.6. The number of halogens is 6. The van der Waals surface area contributed by atoms with Crippen molar-refractivity contribution < 1.29 is 22.8 Å². The highest BCUT2D eigenvalue weighted by Crippen LogP contribution is 2.41. The minimum atomic E-state index is -4.59. The molecule has 0 spiro atoms. The van der Waals surface area contributed by atoms with Crippen LogP contribution in [-0.4, -0.2) is 18.0 Å². The van der Waals surface area contributed by atoms with Crippen LogP contribution in [0.4, 0.5) is 13.2 Å². The van der Waals surface area contributed by atoms with Crippen LogP contribution >= 0.6 is 34.8 Å². The first kappa shape index (κ1) is 23.4. The quantitative estimate of drug-likeness (QED) is 0.388. The lowest BCUT2D eigenvalue weighted by molar-refractivity contribution is -0.139. The Morgan fingerprint density at radius 3 is 2.10 bits per heavy atom. The fourth-order valence-corrected chi connectivity index (χ4v) is 3.37. The van der Waals surface area contributed by atoms with E-state index >= 15 is 0 Å². The smallest absolute Gasteiger partial charge is 0.273 e. The molecule has 3 rings (SSSR count). The van der Waals surface area contributed by atoms with Crippen molar-refractivity contribution in [3.8, 4) is 0 Å². The summed E-state index contributed by atoms with van der Waals surface area (Å²) in [5, 5.41) is -0.161. The monoisotopic (exact) mass is 490 g/mol. The van der Waals surface area contributed by atoms with Gasteiger partial charge in [-0.1, -0.05) is 59.1 Å². The standard InChI is InChI=1S/C21H16Cl3F3N2O2/c22-16-9-14(10-17(23)18(16)24)15(21(25,26)27)8-3-11-1-4-12(5-2-11)19(30)28-29-20(31)13-6-7-13/h1-5,8-10,13,15H,6-7H2,(H,28,30)(H,29,31). The highest BCUT2D eigenvalue weighted by atomic mass is 35.5. The first-order valence-corrected chi connectivity index (χ1v) is 10.3. The maximum Gasteiger partial charge on any atom is 0.399 e. The molecule has 2 aromatic carbocycles. The predicted molar refractivity (Wildman–Crippen MR) is 114 cm³/mol. The lowest BCUT2D eigenvalue weighted by Crippen LogP contribution is -2.42. The van der Waals surface area contributed by atoms with Crippen molar-refractivity contribution >= 4 is 52.7 Å². The molecule has 2 amide bonds. The van der Waals surface area contributed by atoms with Crippen molar-refractivity contribution in [3.63, 3.8) is 0 Å². The number of amides is 2. The summed E-state index contributed by atoms with van der Waals surface area (Å²) in [7, 11) is 0. The lowest BCUT2D eigenvalue weighted by atomic mass is 9.97. The van der Waals surface area contributed by atoms with E-state index in [9.17, 15) is 22.8 Å². The largest absolute Gasteiger partial charge is 0.399 e. The Balaban J connectivity index is 1.72. The number of benzene rings is 2.